The summed E-state index contributed by atoms with van der Waals surface area (Å²) in [7, 11) is 0. The minimum absolute atomic E-state index is 0.154. The van der Waals surface area contributed by atoms with E-state index in [4.69, 9.17) is 16.3 Å². The molecule has 8 heteroatoms. The predicted molar refractivity (Wildman–Crippen MR) is 103 cm³/mol. The first-order valence-corrected chi connectivity index (χ1v) is 9.27. The fourth-order valence-corrected chi connectivity index (χ4v) is 3.47. The number of benzene rings is 2. The zero-order valence-electron chi connectivity index (χ0n) is 15.2. The van der Waals surface area contributed by atoms with Gasteiger partial charge in [-0.05, 0) is 49.4 Å². The van der Waals surface area contributed by atoms with Gasteiger partial charge in [-0.15, -0.1) is 0 Å². The number of rotatable bonds is 5. The molecular weight excluding hydrogens is 384 g/mol. The van der Waals surface area contributed by atoms with Crippen molar-refractivity contribution in [3.05, 3.63) is 74.3 Å². The molecule has 0 radical (unpaired) electrons. The Morgan fingerprint density at radius 1 is 1.29 bits per heavy atom. The first-order chi connectivity index (χ1) is 13.4. The molecule has 7 nitrogen and oxygen atoms in total. The fraction of sp³-hybridized carbons (Fsp3) is 0.300. The maximum Gasteiger partial charge on any atom is 0.345 e. The Balaban J connectivity index is 1.69. The zero-order chi connectivity index (χ0) is 20.3. The number of carbonyl (C=O) groups is 2. The number of nitro benzene ring substituents is 1. The van der Waals surface area contributed by atoms with Gasteiger partial charge in [-0.25, -0.2) is 4.79 Å². The van der Waals surface area contributed by atoms with E-state index >= 15 is 0 Å². The SMILES string of the molecule is C[C@@H](OC(=O)c1cc(Cl)ccc1[N+](=O)[O-])C(=O)N[C@H]1CCCc2ccccc21. The van der Waals surface area contributed by atoms with Crippen molar-refractivity contribution in [2.45, 2.75) is 38.3 Å². The van der Waals surface area contributed by atoms with E-state index in [9.17, 15) is 19.7 Å². The second-order valence-corrected chi connectivity index (χ2v) is 7.05. The van der Waals surface area contributed by atoms with Crippen LogP contribution in [0.1, 0.15) is 47.3 Å². The van der Waals surface area contributed by atoms with Crippen molar-refractivity contribution in [2.75, 3.05) is 0 Å². The summed E-state index contributed by atoms with van der Waals surface area (Å²) < 4.78 is 5.16. The minimum Gasteiger partial charge on any atom is -0.449 e. The average Bonchev–Trinajstić information content (AvgIpc) is 2.67. The van der Waals surface area contributed by atoms with Crippen molar-refractivity contribution in [2.24, 2.45) is 0 Å². The van der Waals surface area contributed by atoms with Gasteiger partial charge in [0.15, 0.2) is 6.10 Å². The molecule has 2 atom stereocenters. The van der Waals surface area contributed by atoms with Crippen LogP contribution >= 0.6 is 11.6 Å². The quantitative estimate of drug-likeness (QED) is 0.463. The lowest BCUT2D eigenvalue weighted by atomic mass is 9.87. The maximum atomic E-state index is 12.5. The Labute approximate surface area is 166 Å². The lowest BCUT2D eigenvalue weighted by Crippen LogP contribution is -2.39. The highest BCUT2D eigenvalue weighted by atomic mass is 35.5. The predicted octanol–water partition coefficient (Wildman–Crippen LogP) is 3.99. The Kier molecular flexibility index (Phi) is 5.94. The number of aryl methyl sites for hydroxylation is 1. The average molecular weight is 403 g/mol. The third kappa shape index (κ3) is 4.31. The van der Waals surface area contributed by atoms with Crippen molar-refractivity contribution >= 4 is 29.2 Å². The largest absolute Gasteiger partial charge is 0.449 e. The van der Waals surface area contributed by atoms with Crippen LogP contribution in [0.2, 0.25) is 5.02 Å². The highest BCUT2D eigenvalue weighted by Gasteiger charge is 2.28. The van der Waals surface area contributed by atoms with Crippen LogP contribution < -0.4 is 5.32 Å². The molecule has 0 aliphatic heterocycles. The van der Waals surface area contributed by atoms with Gasteiger partial charge in [-0.3, -0.25) is 14.9 Å². The molecule has 2 aromatic carbocycles. The van der Waals surface area contributed by atoms with E-state index in [2.05, 4.69) is 5.32 Å². The number of hydrogen-bond acceptors (Lipinski definition) is 5. The van der Waals surface area contributed by atoms with Gasteiger partial charge in [0.25, 0.3) is 11.6 Å². The van der Waals surface area contributed by atoms with Gasteiger partial charge in [-0.2, -0.15) is 0 Å². The monoisotopic (exact) mass is 402 g/mol. The summed E-state index contributed by atoms with van der Waals surface area (Å²) in [5.74, 6) is -1.43. The molecule has 146 valence electrons. The van der Waals surface area contributed by atoms with Crippen LogP contribution in [0.25, 0.3) is 0 Å². The Bertz CT molecular complexity index is 931. The molecule has 0 saturated carbocycles. The molecule has 1 amide bonds. The number of amides is 1. The number of hydrogen-bond donors (Lipinski definition) is 1. The summed E-state index contributed by atoms with van der Waals surface area (Å²) in [6, 6.07) is 11.3. The van der Waals surface area contributed by atoms with Gasteiger partial charge >= 0.3 is 5.97 Å². The lowest BCUT2D eigenvalue weighted by Gasteiger charge is -2.27. The van der Waals surface area contributed by atoms with Crippen LogP contribution in [0, 0.1) is 10.1 Å². The molecule has 0 unspecified atom stereocenters. The van der Waals surface area contributed by atoms with Gasteiger partial charge < -0.3 is 10.1 Å². The van der Waals surface area contributed by atoms with E-state index in [1.807, 2.05) is 24.3 Å². The maximum absolute atomic E-state index is 12.5. The Hall–Kier alpha value is -2.93. The van der Waals surface area contributed by atoms with Crippen LogP contribution in [0.15, 0.2) is 42.5 Å². The van der Waals surface area contributed by atoms with Gasteiger partial charge in [0, 0.05) is 11.1 Å². The van der Waals surface area contributed by atoms with Crippen molar-refractivity contribution in [1.82, 2.24) is 5.32 Å². The standard InChI is InChI=1S/C20H19ClN2O5/c1-12(28-20(25)16-11-14(21)9-10-18(16)23(26)27)19(24)22-17-8-4-6-13-5-2-3-7-15(13)17/h2-3,5,7,9-12,17H,4,6,8H2,1H3,(H,22,24)/t12-,17+/m1/s1. The summed E-state index contributed by atoms with van der Waals surface area (Å²) >= 11 is 5.83. The van der Waals surface area contributed by atoms with Crippen LogP contribution in [0.4, 0.5) is 5.69 Å². The molecule has 0 heterocycles. The third-order valence-corrected chi connectivity index (χ3v) is 4.95. The molecular formula is C20H19ClN2O5. The van der Waals surface area contributed by atoms with E-state index in [0.29, 0.717) is 0 Å². The number of halogens is 1. The molecule has 0 aromatic heterocycles. The van der Waals surface area contributed by atoms with Crippen LogP contribution in [-0.2, 0) is 16.0 Å². The summed E-state index contributed by atoms with van der Waals surface area (Å²) in [6.45, 7) is 1.43. The van der Waals surface area contributed by atoms with Gasteiger partial charge in [0.2, 0.25) is 0 Å². The van der Waals surface area contributed by atoms with Crippen molar-refractivity contribution in [1.29, 1.82) is 0 Å². The summed E-state index contributed by atoms with van der Waals surface area (Å²) in [6.07, 6.45) is 1.60. The Morgan fingerprint density at radius 2 is 2.04 bits per heavy atom. The number of nitrogens with one attached hydrogen (secondary N) is 1. The number of nitrogens with zero attached hydrogens (tertiary/aromatic N) is 1. The van der Waals surface area contributed by atoms with Crippen molar-refractivity contribution in [3.63, 3.8) is 0 Å². The number of nitro groups is 1. The number of ether oxygens (including phenoxy) is 1. The van der Waals surface area contributed by atoms with Crippen LogP contribution in [-0.4, -0.2) is 22.9 Å². The first-order valence-electron chi connectivity index (χ1n) is 8.90. The number of fused-ring (bicyclic) bond motifs is 1. The first kappa shape index (κ1) is 19.8. The molecule has 0 saturated heterocycles. The lowest BCUT2D eigenvalue weighted by molar-refractivity contribution is -0.385. The van der Waals surface area contributed by atoms with Gasteiger partial charge in [0.1, 0.15) is 5.56 Å². The molecule has 3 rings (SSSR count). The van der Waals surface area contributed by atoms with E-state index in [0.717, 1.165) is 37.0 Å². The van der Waals surface area contributed by atoms with Crippen molar-refractivity contribution < 1.29 is 19.2 Å². The summed E-state index contributed by atoms with van der Waals surface area (Å²) in [4.78, 5) is 35.3. The highest BCUT2D eigenvalue weighted by Crippen LogP contribution is 2.29. The Morgan fingerprint density at radius 3 is 2.79 bits per heavy atom. The minimum atomic E-state index is -1.11. The smallest absolute Gasteiger partial charge is 0.345 e. The number of esters is 1. The molecule has 2 aromatic rings. The molecule has 0 fully saturated rings. The van der Waals surface area contributed by atoms with Crippen molar-refractivity contribution in [3.8, 4) is 0 Å². The third-order valence-electron chi connectivity index (χ3n) is 4.71. The number of carbonyl (C=O) groups excluding carboxylic acids is 2. The molecule has 1 aliphatic carbocycles. The topological polar surface area (TPSA) is 98.5 Å². The van der Waals surface area contributed by atoms with E-state index < -0.39 is 28.6 Å². The zero-order valence-corrected chi connectivity index (χ0v) is 15.9. The molecule has 28 heavy (non-hydrogen) atoms. The van der Waals surface area contributed by atoms with Crippen LogP contribution in [0.5, 0.6) is 0 Å². The highest BCUT2D eigenvalue weighted by molar-refractivity contribution is 6.31. The second kappa shape index (κ2) is 8.39. The normalized spacial score (nSPS) is 16.6. The van der Waals surface area contributed by atoms with E-state index in [-0.39, 0.29) is 16.6 Å². The second-order valence-electron chi connectivity index (χ2n) is 6.62. The van der Waals surface area contributed by atoms with Crippen LogP contribution in [0.3, 0.4) is 0 Å². The van der Waals surface area contributed by atoms with Gasteiger partial charge in [-0.1, -0.05) is 35.9 Å². The molecule has 0 spiro atoms. The molecule has 1 aliphatic rings. The summed E-state index contributed by atoms with van der Waals surface area (Å²) in [5.41, 5.74) is 1.53. The van der Waals surface area contributed by atoms with E-state index in [1.54, 1.807) is 0 Å². The molecule has 1 N–H and O–H groups in total. The van der Waals surface area contributed by atoms with Gasteiger partial charge in [0.05, 0.1) is 11.0 Å². The fourth-order valence-electron chi connectivity index (χ4n) is 3.30. The summed E-state index contributed by atoms with van der Waals surface area (Å²) in [5, 5.41) is 14.2. The molecule has 0 bridgehead atoms. The van der Waals surface area contributed by atoms with E-state index in [1.165, 1.54) is 18.6 Å².